The fourth-order valence-electron chi connectivity index (χ4n) is 4.98. The lowest BCUT2D eigenvalue weighted by Crippen LogP contribution is -2.36. The number of allylic oxidation sites excluding steroid dienone is 1. The molecule has 0 aliphatic heterocycles. The number of fused-ring (bicyclic) bond motifs is 1. The quantitative estimate of drug-likeness (QED) is 0.0913. The highest BCUT2D eigenvalue weighted by molar-refractivity contribution is 6.03. The Hall–Kier alpha value is -6.09. The third kappa shape index (κ3) is 8.09. The third-order valence-corrected chi connectivity index (χ3v) is 7.20. The number of anilines is 2. The topological polar surface area (TPSA) is 140 Å². The van der Waals surface area contributed by atoms with Crippen molar-refractivity contribution < 1.29 is 29.0 Å². The second-order valence-corrected chi connectivity index (χ2v) is 10.4. The number of carbonyl (C=O) groups excluding carboxylic acids is 3. The summed E-state index contributed by atoms with van der Waals surface area (Å²) in [6, 6.07) is 34.7. The normalized spacial score (nSPS) is 12.3. The molecule has 0 saturated heterocycles. The molecule has 2 atom stereocenters. The number of nitrogens with two attached hydrogens (primary N) is 1. The number of nitrogen functional groups attached to an aromatic ring is 1. The summed E-state index contributed by atoms with van der Waals surface area (Å²) in [5, 5.41) is 16.8. The maximum absolute atomic E-state index is 13.3. The smallest absolute Gasteiger partial charge is 0.414 e. The summed E-state index contributed by atoms with van der Waals surface area (Å²) >= 11 is 0. The van der Waals surface area contributed by atoms with Gasteiger partial charge in [-0.2, -0.15) is 0 Å². The number of hydrogen-bond acceptors (Lipinski definition) is 7. The molecule has 9 heteroatoms. The lowest BCUT2D eigenvalue weighted by atomic mass is 9.94. The summed E-state index contributed by atoms with van der Waals surface area (Å²) in [5.74, 6) is -0.371. The molecule has 5 aromatic carbocycles. The van der Waals surface area contributed by atoms with E-state index < -0.39 is 24.2 Å². The molecule has 0 bridgehead atoms. The van der Waals surface area contributed by atoms with Crippen LogP contribution in [-0.4, -0.2) is 29.1 Å². The monoisotopic (exact) mass is 615 g/mol. The van der Waals surface area contributed by atoms with Crippen molar-refractivity contribution >= 4 is 40.1 Å². The van der Waals surface area contributed by atoms with Gasteiger partial charge in [-0.05, 0) is 66.8 Å². The SMILES string of the molecule is Nc1ccccc1NC(=O)/C=C/CC[C@H](Oc1ccccc1)[C@@H](OC(=O)NC(=O)c1ccccc1)c1ccc(O)c2ccccc12. The molecule has 0 spiro atoms. The number of phenols is 1. The molecular formula is C37H33N3O6. The first kappa shape index (κ1) is 31.3. The average Bonchev–Trinajstić information content (AvgIpc) is 3.07. The number of phenolic OH excluding ortho intramolecular Hbond substituents is 1. The summed E-state index contributed by atoms with van der Waals surface area (Å²) in [4.78, 5) is 38.6. The molecule has 0 radical (unpaired) electrons. The van der Waals surface area contributed by atoms with E-state index in [1.54, 1.807) is 91.0 Å². The fraction of sp³-hybridized carbons (Fsp3) is 0.108. The highest BCUT2D eigenvalue weighted by Crippen LogP contribution is 2.36. The Kier molecular flexibility index (Phi) is 10.3. The lowest BCUT2D eigenvalue weighted by Gasteiger charge is -2.29. The first-order chi connectivity index (χ1) is 22.4. The van der Waals surface area contributed by atoms with E-state index in [-0.39, 0.29) is 11.7 Å². The van der Waals surface area contributed by atoms with Crippen LogP contribution < -0.4 is 21.1 Å². The molecule has 5 rings (SSSR count). The van der Waals surface area contributed by atoms with Crippen LogP contribution in [0.4, 0.5) is 16.2 Å². The van der Waals surface area contributed by atoms with Crippen molar-refractivity contribution in [1.82, 2.24) is 5.32 Å². The van der Waals surface area contributed by atoms with E-state index in [2.05, 4.69) is 10.6 Å². The van der Waals surface area contributed by atoms with Gasteiger partial charge in [0, 0.05) is 16.5 Å². The zero-order valence-electron chi connectivity index (χ0n) is 24.8. The molecule has 5 N–H and O–H groups in total. The van der Waals surface area contributed by atoms with Gasteiger partial charge in [0.15, 0.2) is 6.10 Å². The van der Waals surface area contributed by atoms with Crippen molar-refractivity contribution in [1.29, 1.82) is 0 Å². The van der Waals surface area contributed by atoms with Gasteiger partial charge in [-0.3, -0.25) is 14.9 Å². The summed E-state index contributed by atoms with van der Waals surface area (Å²) in [7, 11) is 0. The minimum Gasteiger partial charge on any atom is -0.507 e. The highest BCUT2D eigenvalue weighted by Gasteiger charge is 2.31. The van der Waals surface area contributed by atoms with Crippen molar-refractivity contribution in [3.05, 3.63) is 145 Å². The number of imide groups is 1. The molecule has 0 saturated carbocycles. The van der Waals surface area contributed by atoms with Gasteiger partial charge in [-0.15, -0.1) is 0 Å². The number of rotatable bonds is 11. The van der Waals surface area contributed by atoms with Crippen molar-refractivity contribution in [3.8, 4) is 11.5 Å². The minimum absolute atomic E-state index is 0.0651. The number of amides is 3. The summed E-state index contributed by atoms with van der Waals surface area (Å²) in [6.45, 7) is 0. The van der Waals surface area contributed by atoms with Gasteiger partial charge in [0.1, 0.15) is 17.6 Å². The number of aromatic hydroxyl groups is 1. The Bertz CT molecular complexity index is 1840. The van der Waals surface area contributed by atoms with Crippen LogP contribution in [0.3, 0.4) is 0 Å². The molecular weight excluding hydrogens is 582 g/mol. The van der Waals surface area contributed by atoms with Crippen molar-refractivity contribution in [3.63, 3.8) is 0 Å². The fourth-order valence-corrected chi connectivity index (χ4v) is 4.98. The van der Waals surface area contributed by atoms with Gasteiger partial charge in [0.05, 0.1) is 11.4 Å². The van der Waals surface area contributed by atoms with Crippen LogP contribution in [0.1, 0.15) is 34.9 Å². The molecule has 3 amide bonds. The van der Waals surface area contributed by atoms with E-state index in [0.717, 1.165) is 0 Å². The standard InChI is InChI=1S/C37H33N3O6/c38-30-19-9-10-20-31(30)39-34(42)22-12-11-21-33(45-26-15-5-2-6-16-26)35(29-23-24-32(41)28-18-8-7-17-27(28)29)46-37(44)40-36(43)25-13-3-1-4-14-25/h1-10,12-20,22-24,33,35,41H,11,21,38H2,(H,39,42)(H,40,43,44)/b22-12+/t33-,35-/m0/s1. The van der Waals surface area contributed by atoms with Gasteiger partial charge >= 0.3 is 6.09 Å². The number of ether oxygens (including phenoxy) is 2. The first-order valence-electron chi connectivity index (χ1n) is 14.7. The molecule has 9 nitrogen and oxygen atoms in total. The van der Waals surface area contributed by atoms with Crippen LogP contribution >= 0.6 is 0 Å². The van der Waals surface area contributed by atoms with E-state index in [0.29, 0.717) is 51.9 Å². The number of carbonyl (C=O) groups is 3. The van der Waals surface area contributed by atoms with Crippen molar-refractivity contribution in [2.24, 2.45) is 0 Å². The van der Waals surface area contributed by atoms with Crippen LogP contribution in [0.2, 0.25) is 0 Å². The van der Waals surface area contributed by atoms with Gasteiger partial charge in [0.25, 0.3) is 5.91 Å². The zero-order valence-corrected chi connectivity index (χ0v) is 24.8. The zero-order chi connectivity index (χ0) is 32.3. The van der Waals surface area contributed by atoms with E-state index in [4.69, 9.17) is 15.2 Å². The van der Waals surface area contributed by atoms with Gasteiger partial charge in [-0.1, -0.05) is 84.9 Å². The molecule has 0 heterocycles. The molecule has 232 valence electrons. The van der Waals surface area contributed by atoms with E-state index in [1.165, 1.54) is 12.1 Å². The van der Waals surface area contributed by atoms with Crippen molar-refractivity contribution in [2.45, 2.75) is 25.0 Å². The number of benzene rings is 5. The van der Waals surface area contributed by atoms with Crippen LogP contribution in [0.5, 0.6) is 11.5 Å². The Labute approximate surface area is 266 Å². The Morgan fingerprint density at radius 1 is 0.783 bits per heavy atom. The van der Waals surface area contributed by atoms with Crippen molar-refractivity contribution in [2.75, 3.05) is 11.1 Å². The maximum Gasteiger partial charge on any atom is 0.414 e. The third-order valence-electron chi connectivity index (χ3n) is 7.20. The predicted molar refractivity (Wildman–Crippen MR) is 177 cm³/mol. The molecule has 0 aromatic heterocycles. The number of alkyl carbamates (subject to hydrolysis) is 1. The number of hydrogen-bond donors (Lipinski definition) is 4. The summed E-state index contributed by atoms with van der Waals surface area (Å²) in [5.41, 5.74) is 7.76. The van der Waals surface area contributed by atoms with Gasteiger partial charge in [-0.25, -0.2) is 4.79 Å². The largest absolute Gasteiger partial charge is 0.507 e. The molecule has 0 unspecified atom stereocenters. The molecule has 0 aliphatic carbocycles. The number of nitrogens with one attached hydrogen (secondary N) is 2. The van der Waals surface area contributed by atoms with Crippen LogP contribution in [-0.2, 0) is 9.53 Å². The Balaban J connectivity index is 1.43. The highest BCUT2D eigenvalue weighted by atomic mass is 16.6. The Morgan fingerprint density at radius 2 is 1.43 bits per heavy atom. The number of para-hydroxylation sites is 3. The first-order valence-corrected chi connectivity index (χ1v) is 14.7. The lowest BCUT2D eigenvalue weighted by molar-refractivity contribution is -0.111. The molecule has 46 heavy (non-hydrogen) atoms. The van der Waals surface area contributed by atoms with E-state index in [1.807, 2.05) is 30.3 Å². The summed E-state index contributed by atoms with van der Waals surface area (Å²) < 4.78 is 12.4. The Morgan fingerprint density at radius 3 is 2.17 bits per heavy atom. The second kappa shape index (κ2) is 15.1. The van der Waals surface area contributed by atoms with Crippen LogP contribution in [0, 0.1) is 0 Å². The summed E-state index contributed by atoms with van der Waals surface area (Å²) in [6.07, 6.45) is 1.02. The minimum atomic E-state index is -1.03. The van der Waals surface area contributed by atoms with Gasteiger partial charge < -0.3 is 25.6 Å². The van der Waals surface area contributed by atoms with Gasteiger partial charge in [0.2, 0.25) is 5.91 Å². The van der Waals surface area contributed by atoms with E-state index in [9.17, 15) is 19.5 Å². The van der Waals surface area contributed by atoms with E-state index >= 15 is 0 Å². The molecule has 5 aromatic rings. The second-order valence-electron chi connectivity index (χ2n) is 10.4. The van der Waals surface area contributed by atoms with Crippen LogP contribution in [0.15, 0.2) is 133 Å². The van der Waals surface area contributed by atoms with Crippen LogP contribution in [0.25, 0.3) is 10.8 Å². The molecule has 0 aliphatic rings. The average molecular weight is 616 g/mol. The predicted octanol–water partition coefficient (Wildman–Crippen LogP) is 7.16. The molecule has 0 fully saturated rings. The maximum atomic E-state index is 13.3.